The fraction of sp³-hybridized carbons (Fsp3) is 0.438. The molecule has 0 bridgehead atoms. The maximum Gasteiger partial charge on any atom is 0.321 e. The molecule has 1 aromatic rings. The van der Waals surface area contributed by atoms with E-state index in [1.807, 2.05) is 6.07 Å². The van der Waals surface area contributed by atoms with E-state index in [2.05, 4.69) is 5.32 Å². The average Bonchev–Trinajstić information content (AvgIpc) is 2.56. The number of nitriles is 1. The van der Waals surface area contributed by atoms with Crippen LogP contribution >= 0.6 is 0 Å². The van der Waals surface area contributed by atoms with Gasteiger partial charge in [0.25, 0.3) is 0 Å². The molecule has 0 atom stereocenters. The van der Waals surface area contributed by atoms with E-state index < -0.39 is 0 Å². The standard InChI is InChI=1S/C16H19N3O3/c1-2-22-15(20)13-7-9-19(10-8-13)16(21)18-14-5-3-12(11-17)4-6-14/h3-6,13H,2,7-10H2,1H3,(H,18,21). The van der Waals surface area contributed by atoms with Gasteiger partial charge in [-0.05, 0) is 44.0 Å². The van der Waals surface area contributed by atoms with Crippen LogP contribution in [0.25, 0.3) is 0 Å². The van der Waals surface area contributed by atoms with Crippen molar-refractivity contribution in [3.8, 4) is 6.07 Å². The molecule has 1 aliphatic heterocycles. The predicted octanol–water partition coefficient (Wildman–Crippen LogP) is 2.37. The van der Waals surface area contributed by atoms with Gasteiger partial charge in [0.15, 0.2) is 0 Å². The van der Waals surface area contributed by atoms with Gasteiger partial charge in [0.2, 0.25) is 0 Å². The number of esters is 1. The molecule has 1 N–H and O–H groups in total. The normalized spacial score (nSPS) is 15.0. The molecular weight excluding hydrogens is 282 g/mol. The summed E-state index contributed by atoms with van der Waals surface area (Å²) in [5, 5.41) is 11.5. The first-order valence-corrected chi connectivity index (χ1v) is 7.36. The van der Waals surface area contributed by atoms with E-state index in [9.17, 15) is 9.59 Å². The molecule has 0 unspecified atom stereocenters. The Morgan fingerprint density at radius 2 is 1.95 bits per heavy atom. The van der Waals surface area contributed by atoms with Crippen LogP contribution in [-0.4, -0.2) is 36.6 Å². The van der Waals surface area contributed by atoms with Crippen molar-refractivity contribution in [2.24, 2.45) is 5.92 Å². The van der Waals surface area contributed by atoms with Crippen molar-refractivity contribution < 1.29 is 14.3 Å². The third kappa shape index (κ3) is 3.98. The number of carbonyl (C=O) groups excluding carboxylic acids is 2. The fourth-order valence-electron chi connectivity index (χ4n) is 2.41. The van der Waals surface area contributed by atoms with Gasteiger partial charge in [-0.3, -0.25) is 4.79 Å². The zero-order chi connectivity index (χ0) is 15.9. The van der Waals surface area contributed by atoms with Gasteiger partial charge in [-0.25, -0.2) is 4.79 Å². The topological polar surface area (TPSA) is 82.4 Å². The molecule has 1 heterocycles. The summed E-state index contributed by atoms with van der Waals surface area (Å²) in [6, 6.07) is 8.54. The third-order valence-electron chi connectivity index (χ3n) is 3.67. The van der Waals surface area contributed by atoms with Crippen LogP contribution < -0.4 is 5.32 Å². The second-order valence-corrected chi connectivity index (χ2v) is 5.13. The van der Waals surface area contributed by atoms with Gasteiger partial charge in [-0.15, -0.1) is 0 Å². The van der Waals surface area contributed by atoms with Crippen LogP contribution in [0, 0.1) is 17.2 Å². The zero-order valence-electron chi connectivity index (χ0n) is 12.5. The summed E-state index contributed by atoms with van der Waals surface area (Å²) in [7, 11) is 0. The molecule has 1 aromatic carbocycles. The van der Waals surface area contributed by atoms with Crippen molar-refractivity contribution >= 4 is 17.7 Å². The lowest BCUT2D eigenvalue weighted by Crippen LogP contribution is -2.42. The number of rotatable bonds is 3. The maximum atomic E-state index is 12.2. The van der Waals surface area contributed by atoms with Crippen molar-refractivity contribution in [2.75, 3.05) is 25.0 Å². The van der Waals surface area contributed by atoms with E-state index in [4.69, 9.17) is 10.00 Å². The first-order chi connectivity index (χ1) is 10.6. The monoisotopic (exact) mass is 301 g/mol. The van der Waals surface area contributed by atoms with Crippen molar-refractivity contribution in [1.29, 1.82) is 5.26 Å². The molecule has 2 rings (SSSR count). The third-order valence-corrected chi connectivity index (χ3v) is 3.67. The van der Waals surface area contributed by atoms with Crippen molar-refractivity contribution in [3.63, 3.8) is 0 Å². The Labute approximate surface area is 129 Å². The lowest BCUT2D eigenvalue weighted by atomic mass is 9.97. The number of likely N-dealkylation sites (tertiary alicyclic amines) is 1. The molecule has 0 aliphatic carbocycles. The van der Waals surface area contributed by atoms with E-state index in [1.165, 1.54) is 0 Å². The highest BCUT2D eigenvalue weighted by Gasteiger charge is 2.28. The summed E-state index contributed by atoms with van der Waals surface area (Å²) in [5.74, 6) is -0.284. The summed E-state index contributed by atoms with van der Waals surface area (Å²) in [4.78, 5) is 25.5. The van der Waals surface area contributed by atoms with Crippen molar-refractivity contribution in [1.82, 2.24) is 4.90 Å². The second-order valence-electron chi connectivity index (χ2n) is 5.13. The summed E-state index contributed by atoms with van der Waals surface area (Å²) in [5.41, 5.74) is 1.20. The Hall–Kier alpha value is -2.55. The molecular formula is C16H19N3O3. The minimum Gasteiger partial charge on any atom is -0.466 e. The summed E-state index contributed by atoms with van der Waals surface area (Å²) >= 11 is 0. The number of ether oxygens (including phenoxy) is 1. The number of hydrogen-bond acceptors (Lipinski definition) is 4. The smallest absolute Gasteiger partial charge is 0.321 e. The fourth-order valence-corrected chi connectivity index (χ4v) is 2.41. The van der Waals surface area contributed by atoms with Gasteiger partial charge in [0.05, 0.1) is 24.2 Å². The molecule has 0 radical (unpaired) electrons. The first-order valence-electron chi connectivity index (χ1n) is 7.36. The molecule has 0 spiro atoms. The van der Waals surface area contributed by atoms with Crippen molar-refractivity contribution in [3.05, 3.63) is 29.8 Å². The van der Waals surface area contributed by atoms with Crippen LogP contribution in [0.2, 0.25) is 0 Å². The number of nitrogens with zero attached hydrogens (tertiary/aromatic N) is 2. The predicted molar refractivity (Wildman–Crippen MR) is 81.1 cm³/mol. The van der Waals surface area contributed by atoms with E-state index in [0.29, 0.717) is 43.8 Å². The number of nitrogens with one attached hydrogen (secondary N) is 1. The molecule has 1 aliphatic rings. The summed E-state index contributed by atoms with van der Waals surface area (Å²) < 4.78 is 5.01. The molecule has 1 saturated heterocycles. The van der Waals surface area contributed by atoms with E-state index in [-0.39, 0.29) is 17.9 Å². The Morgan fingerprint density at radius 3 is 2.50 bits per heavy atom. The van der Waals surface area contributed by atoms with Crippen LogP contribution in [0.1, 0.15) is 25.3 Å². The number of amides is 2. The maximum absolute atomic E-state index is 12.2. The number of piperidine rings is 1. The molecule has 22 heavy (non-hydrogen) atoms. The molecule has 1 fully saturated rings. The molecule has 2 amide bonds. The zero-order valence-corrected chi connectivity index (χ0v) is 12.5. The van der Waals surface area contributed by atoms with Gasteiger partial charge in [-0.2, -0.15) is 5.26 Å². The number of benzene rings is 1. The summed E-state index contributed by atoms with van der Waals surface area (Å²) in [6.45, 7) is 3.24. The molecule has 0 saturated carbocycles. The average molecular weight is 301 g/mol. The molecule has 0 aromatic heterocycles. The van der Waals surface area contributed by atoms with Crippen LogP contribution in [0.15, 0.2) is 24.3 Å². The van der Waals surface area contributed by atoms with Crippen LogP contribution in [0.4, 0.5) is 10.5 Å². The second kappa shape index (κ2) is 7.46. The van der Waals surface area contributed by atoms with Crippen LogP contribution in [0.5, 0.6) is 0 Å². The Morgan fingerprint density at radius 1 is 1.32 bits per heavy atom. The van der Waals surface area contributed by atoms with Crippen LogP contribution in [0.3, 0.4) is 0 Å². The molecule has 6 heteroatoms. The SMILES string of the molecule is CCOC(=O)C1CCN(C(=O)Nc2ccc(C#N)cc2)CC1. The minimum atomic E-state index is -0.188. The Balaban J connectivity index is 1.84. The van der Waals surface area contributed by atoms with Gasteiger partial charge < -0.3 is 15.0 Å². The van der Waals surface area contributed by atoms with Gasteiger partial charge >= 0.3 is 12.0 Å². The number of hydrogen-bond donors (Lipinski definition) is 1. The highest BCUT2D eigenvalue weighted by molar-refractivity contribution is 5.89. The number of anilines is 1. The minimum absolute atomic E-state index is 0.112. The number of carbonyl (C=O) groups is 2. The number of urea groups is 1. The van der Waals surface area contributed by atoms with E-state index in [1.54, 1.807) is 36.1 Å². The largest absolute Gasteiger partial charge is 0.466 e. The lowest BCUT2D eigenvalue weighted by Gasteiger charge is -2.30. The Bertz CT molecular complexity index is 569. The Kier molecular flexibility index (Phi) is 5.37. The lowest BCUT2D eigenvalue weighted by molar-refractivity contribution is -0.149. The van der Waals surface area contributed by atoms with Gasteiger partial charge in [-0.1, -0.05) is 0 Å². The van der Waals surface area contributed by atoms with Crippen LogP contribution in [-0.2, 0) is 9.53 Å². The summed E-state index contributed by atoms with van der Waals surface area (Å²) in [6.07, 6.45) is 1.25. The van der Waals surface area contributed by atoms with Gasteiger partial charge in [0.1, 0.15) is 0 Å². The highest BCUT2D eigenvalue weighted by atomic mass is 16.5. The molecule has 6 nitrogen and oxygen atoms in total. The van der Waals surface area contributed by atoms with Gasteiger partial charge in [0, 0.05) is 18.8 Å². The highest BCUT2D eigenvalue weighted by Crippen LogP contribution is 2.19. The quantitative estimate of drug-likeness (QED) is 0.869. The van der Waals surface area contributed by atoms with E-state index >= 15 is 0 Å². The first kappa shape index (κ1) is 15.8. The molecule has 116 valence electrons. The van der Waals surface area contributed by atoms with E-state index in [0.717, 1.165) is 0 Å². The van der Waals surface area contributed by atoms with Crippen molar-refractivity contribution in [2.45, 2.75) is 19.8 Å².